The summed E-state index contributed by atoms with van der Waals surface area (Å²) in [5.74, 6) is -1.72. The van der Waals surface area contributed by atoms with Crippen LogP contribution in [0.1, 0.15) is 48.9 Å². The first-order chi connectivity index (χ1) is 18.4. The van der Waals surface area contributed by atoms with Crippen LogP contribution in [-0.4, -0.2) is 59.0 Å². The second-order valence-corrected chi connectivity index (χ2v) is 9.63. The van der Waals surface area contributed by atoms with Gasteiger partial charge in [0.1, 0.15) is 5.82 Å². The summed E-state index contributed by atoms with van der Waals surface area (Å²) >= 11 is 0. The third kappa shape index (κ3) is 5.09. The minimum Gasteiger partial charge on any atom is -0.399 e. The molecule has 5 rings (SSSR count). The highest BCUT2D eigenvalue weighted by atomic mass is 19.1. The molecule has 2 heterocycles. The number of nitrogens with zero attached hydrogens (tertiary/aromatic N) is 4. The summed E-state index contributed by atoms with van der Waals surface area (Å²) in [6.45, 7) is 4.39. The SMILES string of the molecule is CC(=O)N1CCN(c2ccc(NC(=O)c3nnc(NC(=O)C4(c5ccccc5F)CCCC4)o3)cc2)CC1. The Morgan fingerprint density at radius 2 is 1.61 bits per heavy atom. The molecule has 2 N–H and O–H groups in total. The Hall–Kier alpha value is -4.28. The number of carbonyl (C=O) groups is 3. The van der Waals surface area contributed by atoms with Gasteiger partial charge in [-0.25, -0.2) is 4.39 Å². The monoisotopic (exact) mass is 520 g/mol. The highest BCUT2D eigenvalue weighted by Crippen LogP contribution is 2.43. The second kappa shape index (κ2) is 10.6. The molecule has 198 valence electrons. The van der Waals surface area contributed by atoms with Crippen molar-refractivity contribution in [1.29, 1.82) is 0 Å². The maximum absolute atomic E-state index is 14.6. The highest BCUT2D eigenvalue weighted by Gasteiger charge is 2.45. The molecule has 1 saturated carbocycles. The molecule has 0 unspecified atom stereocenters. The molecule has 38 heavy (non-hydrogen) atoms. The van der Waals surface area contributed by atoms with Crippen LogP contribution in [-0.2, 0) is 15.0 Å². The van der Waals surface area contributed by atoms with Gasteiger partial charge in [0.25, 0.3) is 0 Å². The van der Waals surface area contributed by atoms with Gasteiger partial charge in [0.15, 0.2) is 0 Å². The zero-order chi connectivity index (χ0) is 26.7. The number of benzene rings is 2. The number of halogens is 1. The van der Waals surface area contributed by atoms with Crippen LogP contribution in [0.2, 0.25) is 0 Å². The van der Waals surface area contributed by atoms with Crippen LogP contribution >= 0.6 is 0 Å². The first-order valence-electron chi connectivity index (χ1n) is 12.7. The molecule has 0 bridgehead atoms. The number of aromatic nitrogens is 2. The van der Waals surface area contributed by atoms with Crippen LogP contribution in [0, 0.1) is 5.82 Å². The van der Waals surface area contributed by atoms with Gasteiger partial charge < -0.3 is 19.5 Å². The van der Waals surface area contributed by atoms with Crippen molar-refractivity contribution in [3.63, 3.8) is 0 Å². The van der Waals surface area contributed by atoms with Gasteiger partial charge >= 0.3 is 17.8 Å². The number of hydrogen-bond donors (Lipinski definition) is 2. The Morgan fingerprint density at radius 1 is 0.921 bits per heavy atom. The second-order valence-electron chi connectivity index (χ2n) is 9.63. The van der Waals surface area contributed by atoms with Crippen molar-refractivity contribution in [2.45, 2.75) is 38.0 Å². The lowest BCUT2D eigenvalue weighted by Crippen LogP contribution is -2.48. The lowest BCUT2D eigenvalue weighted by Gasteiger charge is -2.35. The van der Waals surface area contributed by atoms with E-state index < -0.39 is 23.0 Å². The average Bonchev–Trinajstić information content (AvgIpc) is 3.60. The molecule has 1 aliphatic carbocycles. The lowest BCUT2D eigenvalue weighted by molar-refractivity contribution is -0.129. The highest BCUT2D eigenvalue weighted by molar-refractivity contribution is 6.01. The van der Waals surface area contributed by atoms with Crippen LogP contribution in [0.25, 0.3) is 0 Å². The van der Waals surface area contributed by atoms with Gasteiger partial charge in [-0.05, 0) is 43.2 Å². The standard InChI is InChI=1S/C27H29FN6O4/c1-18(35)33-14-16-34(17-15-33)20-10-8-19(9-11-20)29-23(36)24-31-32-26(38-24)30-25(37)27(12-4-5-13-27)21-6-2-3-7-22(21)28/h2-3,6-11H,4-5,12-17H2,1H3,(H,29,36)(H,30,32,37). The van der Waals surface area contributed by atoms with E-state index in [0.29, 0.717) is 37.2 Å². The van der Waals surface area contributed by atoms with Crippen molar-refractivity contribution in [1.82, 2.24) is 15.1 Å². The summed E-state index contributed by atoms with van der Waals surface area (Å²) in [5.41, 5.74) is 0.846. The van der Waals surface area contributed by atoms with E-state index in [2.05, 4.69) is 25.7 Å². The number of rotatable bonds is 6. The third-order valence-electron chi connectivity index (χ3n) is 7.34. The van der Waals surface area contributed by atoms with E-state index in [0.717, 1.165) is 31.6 Å². The number of amides is 3. The van der Waals surface area contributed by atoms with Gasteiger partial charge in [-0.2, -0.15) is 0 Å². The van der Waals surface area contributed by atoms with Gasteiger partial charge in [0.2, 0.25) is 11.8 Å². The van der Waals surface area contributed by atoms with Crippen molar-refractivity contribution in [3.05, 3.63) is 65.8 Å². The van der Waals surface area contributed by atoms with Crippen LogP contribution in [0.3, 0.4) is 0 Å². The number of anilines is 3. The van der Waals surface area contributed by atoms with Gasteiger partial charge in [-0.15, -0.1) is 5.10 Å². The summed E-state index contributed by atoms with van der Waals surface area (Å²) in [5, 5.41) is 12.8. The Balaban J connectivity index is 1.21. The number of carbonyl (C=O) groups excluding carboxylic acids is 3. The molecule has 3 amide bonds. The number of nitrogens with one attached hydrogen (secondary N) is 2. The van der Waals surface area contributed by atoms with Crippen molar-refractivity contribution < 1.29 is 23.2 Å². The summed E-state index contributed by atoms with van der Waals surface area (Å²) in [7, 11) is 0. The fraction of sp³-hybridized carbons (Fsp3) is 0.370. The molecular weight excluding hydrogens is 491 g/mol. The minimum absolute atomic E-state index is 0.0783. The molecule has 1 aliphatic heterocycles. The molecule has 1 aromatic heterocycles. The molecule has 10 nitrogen and oxygen atoms in total. The smallest absolute Gasteiger partial charge is 0.322 e. The zero-order valence-electron chi connectivity index (χ0n) is 21.1. The molecule has 0 radical (unpaired) electrons. The molecule has 0 spiro atoms. The maximum Gasteiger partial charge on any atom is 0.322 e. The summed E-state index contributed by atoms with van der Waals surface area (Å²) < 4.78 is 20.0. The lowest BCUT2D eigenvalue weighted by atomic mass is 9.77. The number of piperazine rings is 1. The summed E-state index contributed by atoms with van der Waals surface area (Å²) in [6, 6.07) is 13.4. The molecule has 1 saturated heterocycles. The first kappa shape index (κ1) is 25.4. The van der Waals surface area contributed by atoms with Crippen LogP contribution < -0.4 is 15.5 Å². The van der Waals surface area contributed by atoms with Gasteiger partial charge in [0, 0.05) is 50.0 Å². The van der Waals surface area contributed by atoms with Crippen molar-refractivity contribution in [3.8, 4) is 0 Å². The number of hydrogen-bond acceptors (Lipinski definition) is 7. The molecule has 2 aromatic carbocycles. The topological polar surface area (TPSA) is 121 Å². The Bertz CT molecular complexity index is 1330. The normalized spacial score (nSPS) is 16.8. The van der Waals surface area contributed by atoms with Crippen LogP contribution in [0.15, 0.2) is 52.9 Å². The molecule has 3 aromatic rings. The van der Waals surface area contributed by atoms with Gasteiger partial charge in [-0.3, -0.25) is 19.7 Å². The van der Waals surface area contributed by atoms with E-state index in [1.165, 1.54) is 6.07 Å². The summed E-state index contributed by atoms with van der Waals surface area (Å²) in [4.78, 5) is 41.4. The van der Waals surface area contributed by atoms with Crippen molar-refractivity contribution >= 4 is 35.1 Å². The molecule has 2 fully saturated rings. The molecule has 2 aliphatic rings. The predicted molar refractivity (Wildman–Crippen MR) is 138 cm³/mol. The predicted octanol–water partition coefficient (Wildman–Crippen LogP) is 3.58. The van der Waals surface area contributed by atoms with E-state index in [4.69, 9.17) is 4.42 Å². The van der Waals surface area contributed by atoms with E-state index in [1.807, 2.05) is 17.0 Å². The van der Waals surface area contributed by atoms with Crippen molar-refractivity contribution in [2.24, 2.45) is 0 Å². The minimum atomic E-state index is -1.03. The van der Waals surface area contributed by atoms with Crippen molar-refractivity contribution in [2.75, 3.05) is 41.7 Å². The average molecular weight is 521 g/mol. The Kier molecular flexibility index (Phi) is 7.08. The van der Waals surface area contributed by atoms with Gasteiger partial charge in [-0.1, -0.05) is 36.1 Å². The zero-order valence-corrected chi connectivity index (χ0v) is 21.1. The Morgan fingerprint density at radius 3 is 2.26 bits per heavy atom. The van der Waals surface area contributed by atoms with Gasteiger partial charge in [0.05, 0.1) is 5.41 Å². The van der Waals surface area contributed by atoms with E-state index in [-0.39, 0.29) is 17.8 Å². The quantitative estimate of drug-likeness (QED) is 0.510. The Labute approximate surface area is 219 Å². The largest absolute Gasteiger partial charge is 0.399 e. The molecule has 0 atom stereocenters. The van der Waals surface area contributed by atoms with Crippen LogP contribution in [0.4, 0.5) is 21.8 Å². The van der Waals surface area contributed by atoms with E-state index in [9.17, 15) is 18.8 Å². The molecule has 11 heteroatoms. The summed E-state index contributed by atoms with van der Waals surface area (Å²) in [6.07, 6.45) is 2.60. The van der Waals surface area contributed by atoms with Crippen LogP contribution in [0.5, 0.6) is 0 Å². The maximum atomic E-state index is 14.6. The first-order valence-corrected chi connectivity index (χ1v) is 12.7. The van der Waals surface area contributed by atoms with E-state index in [1.54, 1.807) is 37.3 Å². The molecular formula is C27H29FN6O4. The fourth-order valence-electron chi connectivity index (χ4n) is 5.25. The van der Waals surface area contributed by atoms with E-state index >= 15 is 0 Å². The third-order valence-corrected chi connectivity index (χ3v) is 7.34. The fourth-order valence-corrected chi connectivity index (χ4v) is 5.25.